The molecule has 0 aliphatic heterocycles. The van der Waals surface area contributed by atoms with Crippen LogP contribution >= 0.6 is 0 Å². The molecule has 5 nitrogen and oxygen atoms in total. The fourth-order valence-corrected chi connectivity index (χ4v) is 3.22. The molecule has 0 unspecified atom stereocenters. The van der Waals surface area contributed by atoms with E-state index in [2.05, 4.69) is 55.2 Å². The Morgan fingerprint density at radius 3 is 2.42 bits per heavy atom. The SMILES string of the molecule is Cc1cc(C(=O)N[C@@H](c2ccccc2)C(C)C)c2cnn(C(C)C)c2n1. The molecule has 1 atom stereocenters. The Balaban J connectivity index is 1.99. The number of rotatable bonds is 5. The van der Waals surface area contributed by atoms with E-state index < -0.39 is 0 Å². The van der Waals surface area contributed by atoms with Crippen LogP contribution in [0.25, 0.3) is 11.0 Å². The summed E-state index contributed by atoms with van der Waals surface area (Å²) >= 11 is 0. The van der Waals surface area contributed by atoms with E-state index in [0.717, 1.165) is 22.3 Å². The van der Waals surface area contributed by atoms with Crippen LogP contribution in [0.1, 0.15) is 61.4 Å². The molecular formula is C21H26N4O. The average Bonchev–Trinajstić information content (AvgIpc) is 3.03. The molecule has 136 valence electrons. The molecule has 1 amide bonds. The second-order valence-electron chi connectivity index (χ2n) is 7.34. The Kier molecular flexibility index (Phi) is 5.07. The maximum atomic E-state index is 13.1. The molecule has 1 N–H and O–H groups in total. The van der Waals surface area contributed by atoms with Gasteiger partial charge in [-0.15, -0.1) is 0 Å². The minimum absolute atomic E-state index is 0.0487. The lowest BCUT2D eigenvalue weighted by atomic mass is 9.95. The van der Waals surface area contributed by atoms with Crippen molar-refractivity contribution in [2.24, 2.45) is 5.92 Å². The van der Waals surface area contributed by atoms with Gasteiger partial charge in [-0.25, -0.2) is 9.67 Å². The van der Waals surface area contributed by atoms with Crippen LogP contribution in [0.15, 0.2) is 42.6 Å². The van der Waals surface area contributed by atoms with Gasteiger partial charge in [-0.1, -0.05) is 44.2 Å². The first-order valence-corrected chi connectivity index (χ1v) is 9.09. The molecule has 1 aromatic carbocycles. The summed E-state index contributed by atoms with van der Waals surface area (Å²) in [5, 5.41) is 8.42. The molecule has 0 aliphatic rings. The van der Waals surface area contributed by atoms with E-state index in [4.69, 9.17) is 0 Å². The summed E-state index contributed by atoms with van der Waals surface area (Å²) in [6, 6.07) is 12.1. The standard InChI is InChI=1S/C21H26N4O/c1-13(2)19(16-9-7-6-8-10-16)24-21(26)17-11-15(5)23-20-18(17)12-22-25(20)14(3)4/h6-14,19H,1-5H3,(H,24,26)/t19-/m1/s1. The summed E-state index contributed by atoms with van der Waals surface area (Å²) in [6.45, 7) is 10.2. The number of carbonyl (C=O) groups excluding carboxylic acids is 1. The zero-order chi connectivity index (χ0) is 18.8. The van der Waals surface area contributed by atoms with E-state index in [1.807, 2.05) is 35.9 Å². The number of pyridine rings is 1. The van der Waals surface area contributed by atoms with Crippen LogP contribution in [0.3, 0.4) is 0 Å². The molecule has 3 rings (SSSR count). The second kappa shape index (κ2) is 7.28. The number of carbonyl (C=O) groups is 1. The van der Waals surface area contributed by atoms with Crippen molar-refractivity contribution < 1.29 is 4.79 Å². The maximum Gasteiger partial charge on any atom is 0.252 e. The van der Waals surface area contributed by atoms with Crippen molar-refractivity contribution in [3.05, 3.63) is 59.4 Å². The number of nitrogens with zero attached hydrogens (tertiary/aromatic N) is 3. The minimum Gasteiger partial charge on any atom is -0.345 e. The van der Waals surface area contributed by atoms with E-state index in [1.54, 1.807) is 6.20 Å². The highest BCUT2D eigenvalue weighted by Gasteiger charge is 2.22. The molecule has 2 heterocycles. The van der Waals surface area contributed by atoms with E-state index in [9.17, 15) is 4.79 Å². The molecule has 0 spiro atoms. The fraction of sp³-hybridized carbons (Fsp3) is 0.381. The third-order valence-corrected chi connectivity index (χ3v) is 4.54. The van der Waals surface area contributed by atoms with Crippen LogP contribution in [0.4, 0.5) is 0 Å². The van der Waals surface area contributed by atoms with Crippen LogP contribution in [0.5, 0.6) is 0 Å². The Morgan fingerprint density at radius 1 is 1.12 bits per heavy atom. The van der Waals surface area contributed by atoms with Crippen LogP contribution in [0.2, 0.25) is 0 Å². The monoisotopic (exact) mass is 350 g/mol. The molecule has 2 aromatic heterocycles. The quantitative estimate of drug-likeness (QED) is 0.739. The van der Waals surface area contributed by atoms with Gasteiger partial charge < -0.3 is 5.32 Å². The number of benzene rings is 1. The summed E-state index contributed by atoms with van der Waals surface area (Å²) < 4.78 is 1.86. The van der Waals surface area contributed by atoms with Crippen LogP contribution in [0, 0.1) is 12.8 Å². The van der Waals surface area contributed by atoms with E-state index in [0.29, 0.717) is 5.56 Å². The van der Waals surface area contributed by atoms with Gasteiger partial charge in [0.1, 0.15) is 0 Å². The highest BCUT2D eigenvalue weighted by molar-refractivity contribution is 6.05. The topological polar surface area (TPSA) is 59.8 Å². The Labute approximate surface area is 154 Å². The summed E-state index contributed by atoms with van der Waals surface area (Å²) in [5.41, 5.74) is 3.30. The Morgan fingerprint density at radius 2 is 1.81 bits per heavy atom. The van der Waals surface area contributed by atoms with Crippen LogP contribution in [-0.4, -0.2) is 20.7 Å². The highest BCUT2D eigenvalue weighted by atomic mass is 16.1. The molecule has 0 radical (unpaired) electrons. The van der Waals surface area contributed by atoms with Crippen LogP contribution < -0.4 is 5.32 Å². The van der Waals surface area contributed by atoms with Gasteiger partial charge in [-0.3, -0.25) is 4.79 Å². The largest absolute Gasteiger partial charge is 0.345 e. The van der Waals surface area contributed by atoms with Crippen molar-refractivity contribution in [3.8, 4) is 0 Å². The minimum atomic E-state index is -0.0913. The number of hydrogen-bond donors (Lipinski definition) is 1. The summed E-state index contributed by atoms with van der Waals surface area (Å²) in [5.74, 6) is 0.185. The molecular weight excluding hydrogens is 324 g/mol. The van der Waals surface area contributed by atoms with E-state index >= 15 is 0 Å². The van der Waals surface area contributed by atoms with Crippen molar-refractivity contribution in [1.82, 2.24) is 20.1 Å². The van der Waals surface area contributed by atoms with Crippen molar-refractivity contribution in [2.45, 2.75) is 46.7 Å². The lowest BCUT2D eigenvalue weighted by Crippen LogP contribution is -2.32. The predicted molar refractivity (Wildman–Crippen MR) is 104 cm³/mol. The zero-order valence-electron chi connectivity index (χ0n) is 16.0. The van der Waals surface area contributed by atoms with Crippen molar-refractivity contribution in [2.75, 3.05) is 0 Å². The van der Waals surface area contributed by atoms with E-state index in [-0.39, 0.29) is 23.9 Å². The van der Waals surface area contributed by atoms with Gasteiger partial charge >= 0.3 is 0 Å². The van der Waals surface area contributed by atoms with Crippen molar-refractivity contribution >= 4 is 16.9 Å². The summed E-state index contributed by atoms with van der Waals surface area (Å²) in [4.78, 5) is 17.7. The first kappa shape index (κ1) is 18.1. The number of hydrogen-bond acceptors (Lipinski definition) is 3. The lowest BCUT2D eigenvalue weighted by Gasteiger charge is -2.23. The van der Waals surface area contributed by atoms with Gasteiger partial charge in [0.2, 0.25) is 0 Å². The fourth-order valence-electron chi connectivity index (χ4n) is 3.22. The third kappa shape index (κ3) is 3.47. The third-order valence-electron chi connectivity index (χ3n) is 4.54. The molecule has 5 heteroatoms. The number of aromatic nitrogens is 3. The molecule has 26 heavy (non-hydrogen) atoms. The first-order valence-electron chi connectivity index (χ1n) is 9.09. The Hall–Kier alpha value is -2.69. The number of amides is 1. The van der Waals surface area contributed by atoms with Gasteiger partial charge in [0.25, 0.3) is 5.91 Å². The molecule has 0 fully saturated rings. The highest BCUT2D eigenvalue weighted by Crippen LogP contribution is 2.25. The van der Waals surface area contributed by atoms with Gasteiger partial charge in [0, 0.05) is 11.7 Å². The Bertz CT molecular complexity index is 912. The predicted octanol–water partition coefficient (Wildman–Crippen LogP) is 4.45. The normalized spacial score (nSPS) is 12.7. The van der Waals surface area contributed by atoms with Gasteiger partial charge in [-0.2, -0.15) is 5.10 Å². The van der Waals surface area contributed by atoms with E-state index in [1.165, 1.54) is 0 Å². The molecule has 0 bridgehead atoms. The molecule has 0 aliphatic carbocycles. The summed E-state index contributed by atoms with van der Waals surface area (Å²) in [6.07, 6.45) is 1.74. The average molecular weight is 350 g/mol. The van der Waals surface area contributed by atoms with Crippen molar-refractivity contribution in [3.63, 3.8) is 0 Å². The number of fused-ring (bicyclic) bond motifs is 1. The van der Waals surface area contributed by atoms with Crippen LogP contribution in [-0.2, 0) is 0 Å². The smallest absolute Gasteiger partial charge is 0.252 e. The maximum absolute atomic E-state index is 13.1. The molecule has 0 saturated heterocycles. The molecule has 0 saturated carbocycles. The second-order valence-corrected chi connectivity index (χ2v) is 7.34. The summed E-state index contributed by atoms with van der Waals surface area (Å²) in [7, 11) is 0. The van der Waals surface area contributed by atoms with Gasteiger partial charge in [0.15, 0.2) is 5.65 Å². The van der Waals surface area contributed by atoms with Crippen molar-refractivity contribution in [1.29, 1.82) is 0 Å². The van der Waals surface area contributed by atoms with Gasteiger partial charge in [-0.05, 0) is 38.3 Å². The number of nitrogens with one attached hydrogen (secondary N) is 1. The lowest BCUT2D eigenvalue weighted by molar-refractivity contribution is 0.0927. The zero-order valence-corrected chi connectivity index (χ0v) is 16.0. The van der Waals surface area contributed by atoms with Gasteiger partial charge in [0.05, 0.1) is 23.2 Å². The first-order chi connectivity index (χ1) is 12.4. The number of aryl methyl sites for hydroxylation is 1. The molecule has 3 aromatic rings.